The first kappa shape index (κ1) is 12.6. The van der Waals surface area contributed by atoms with E-state index < -0.39 is 0 Å². The fourth-order valence-electron chi connectivity index (χ4n) is 1.75. The highest BCUT2D eigenvalue weighted by Crippen LogP contribution is 2.26. The molecule has 20 heavy (non-hydrogen) atoms. The number of thiazole rings is 1. The summed E-state index contributed by atoms with van der Waals surface area (Å²) in [4.78, 5) is 16.3. The zero-order valence-electron chi connectivity index (χ0n) is 10.1. The summed E-state index contributed by atoms with van der Waals surface area (Å²) in [5.41, 5.74) is 7.39. The number of nitrogens with two attached hydrogens (primary N) is 1. The molecule has 0 bridgehead atoms. The second-order valence-electron chi connectivity index (χ2n) is 3.96. The average molecular weight is 300 g/mol. The third kappa shape index (κ3) is 2.22. The smallest absolute Gasteiger partial charge is 0.256 e. The number of carbonyl (C=O) groups is 1. The molecule has 5 nitrogen and oxygen atoms in total. The van der Waals surface area contributed by atoms with Crippen molar-refractivity contribution in [3.05, 3.63) is 40.8 Å². The van der Waals surface area contributed by atoms with Gasteiger partial charge in [-0.25, -0.2) is 4.98 Å². The van der Waals surface area contributed by atoms with Gasteiger partial charge in [-0.3, -0.25) is 4.79 Å². The monoisotopic (exact) mass is 300 g/mol. The van der Waals surface area contributed by atoms with Crippen LogP contribution in [0.1, 0.15) is 15.9 Å². The molecule has 0 aliphatic heterocycles. The van der Waals surface area contributed by atoms with Crippen LogP contribution in [0.2, 0.25) is 0 Å². The number of nitriles is 1. The summed E-state index contributed by atoms with van der Waals surface area (Å²) in [6.07, 6.45) is 0. The molecule has 0 atom stereocenters. The Morgan fingerprint density at radius 2 is 2.25 bits per heavy atom. The van der Waals surface area contributed by atoms with Gasteiger partial charge >= 0.3 is 0 Å². The maximum Gasteiger partial charge on any atom is 0.256 e. The average Bonchev–Trinajstić information content (AvgIpc) is 3.02. The lowest BCUT2D eigenvalue weighted by molar-refractivity contribution is 0.102. The van der Waals surface area contributed by atoms with Crippen molar-refractivity contribution in [3.63, 3.8) is 0 Å². The van der Waals surface area contributed by atoms with Crippen LogP contribution >= 0.6 is 22.7 Å². The van der Waals surface area contributed by atoms with Crippen LogP contribution in [0.25, 0.3) is 10.2 Å². The number of benzene rings is 1. The van der Waals surface area contributed by atoms with Crippen LogP contribution in [0.5, 0.6) is 0 Å². The lowest BCUT2D eigenvalue weighted by Gasteiger charge is -2.03. The molecule has 0 aliphatic carbocycles. The molecule has 7 heteroatoms. The molecular formula is C13H8N4OS2. The predicted octanol–water partition coefficient (Wildman–Crippen LogP) is 3.06. The Morgan fingerprint density at radius 3 is 3.05 bits per heavy atom. The molecular weight excluding hydrogens is 292 g/mol. The number of thiophene rings is 1. The molecule has 0 fully saturated rings. The van der Waals surface area contributed by atoms with Gasteiger partial charge in [0.1, 0.15) is 11.1 Å². The minimum atomic E-state index is -0.252. The van der Waals surface area contributed by atoms with Gasteiger partial charge < -0.3 is 11.1 Å². The zero-order valence-corrected chi connectivity index (χ0v) is 11.7. The van der Waals surface area contributed by atoms with Crippen LogP contribution in [-0.2, 0) is 0 Å². The summed E-state index contributed by atoms with van der Waals surface area (Å²) < 4.78 is 0.863. The van der Waals surface area contributed by atoms with E-state index in [2.05, 4.69) is 10.3 Å². The van der Waals surface area contributed by atoms with Crippen LogP contribution in [0.4, 0.5) is 10.1 Å². The van der Waals surface area contributed by atoms with Gasteiger partial charge in [0.25, 0.3) is 5.91 Å². The lowest BCUT2D eigenvalue weighted by Crippen LogP contribution is -2.11. The van der Waals surface area contributed by atoms with E-state index >= 15 is 0 Å². The Labute approximate surface area is 122 Å². The van der Waals surface area contributed by atoms with E-state index in [1.165, 1.54) is 22.7 Å². The maximum absolute atomic E-state index is 12.2. The van der Waals surface area contributed by atoms with E-state index in [0.29, 0.717) is 21.3 Å². The Balaban J connectivity index is 1.90. The highest BCUT2D eigenvalue weighted by molar-refractivity contribution is 7.22. The molecule has 3 N–H and O–H groups in total. The molecule has 0 radical (unpaired) electrons. The lowest BCUT2D eigenvalue weighted by atomic mass is 10.2. The van der Waals surface area contributed by atoms with E-state index in [9.17, 15) is 4.79 Å². The van der Waals surface area contributed by atoms with Crippen LogP contribution < -0.4 is 11.1 Å². The van der Waals surface area contributed by atoms with E-state index in [0.717, 1.165) is 10.2 Å². The number of amides is 1. The highest BCUT2D eigenvalue weighted by Gasteiger charge is 2.12. The Hall–Kier alpha value is -2.43. The summed E-state index contributed by atoms with van der Waals surface area (Å²) in [5.74, 6) is -0.252. The minimum Gasteiger partial charge on any atom is -0.375 e. The van der Waals surface area contributed by atoms with E-state index in [1.54, 1.807) is 29.6 Å². The Bertz CT molecular complexity index is 844. The van der Waals surface area contributed by atoms with Gasteiger partial charge in [0, 0.05) is 5.56 Å². The minimum absolute atomic E-state index is 0.252. The van der Waals surface area contributed by atoms with Crippen LogP contribution in [-0.4, -0.2) is 10.9 Å². The summed E-state index contributed by atoms with van der Waals surface area (Å²) in [6, 6.07) is 8.91. The number of anilines is 2. The molecule has 98 valence electrons. The quantitative estimate of drug-likeness (QED) is 0.760. The Morgan fingerprint density at radius 1 is 1.40 bits per heavy atom. The molecule has 0 saturated heterocycles. The van der Waals surface area contributed by atoms with Crippen molar-refractivity contribution in [2.75, 3.05) is 11.1 Å². The number of rotatable bonds is 2. The first-order valence-electron chi connectivity index (χ1n) is 5.62. The van der Waals surface area contributed by atoms with Gasteiger partial charge in [-0.2, -0.15) is 5.26 Å². The second kappa shape index (κ2) is 4.92. The van der Waals surface area contributed by atoms with E-state index in [1.807, 2.05) is 6.07 Å². The summed E-state index contributed by atoms with van der Waals surface area (Å²) >= 11 is 2.66. The molecule has 2 heterocycles. The van der Waals surface area contributed by atoms with E-state index in [-0.39, 0.29) is 5.91 Å². The molecule has 0 unspecified atom stereocenters. The molecule has 2 aromatic heterocycles. The molecule has 3 rings (SSSR count). The molecule has 0 spiro atoms. The number of hydrogen-bond acceptors (Lipinski definition) is 6. The third-order valence-electron chi connectivity index (χ3n) is 2.68. The van der Waals surface area contributed by atoms with Crippen molar-refractivity contribution < 1.29 is 4.79 Å². The second-order valence-corrected chi connectivity index (χ2v) is 5.94. The van der Waals surface area contributed by atoms with Crippen LogP contribution in [0, 0.1) is 11.3 Å². The van der Waals surface area contributed by atoms with Gasteiger partial charge in [-0.15, -0.1) is 11.3 Å². The van der Waals surface area contributed by atoms with Crippen molar-refractivity contribution in [3.8, 4) is 6.07 Å². The van der Waals surface area contributed by atoms with Crippen LogP contribution in [0.15, 0.2) is 29.6 Å². The summed E-state index contributed by atoms with van der Waals surface area (Å²) in [6.45, 7) is 0. The largest absolute Gasteiger partial charge is 0.375 e. The number of hydrogen-bond donors (Lipinski definition) is 2. The van der Waals surface area contributed by atoms with Gasteiger partial charge in [-0.05, 0) is 29.6 Å². The number of aromatic nitrogens is 1. The fraction of sp³-hybridized carbons (Fsp3) is 0. The van der Waals surface area contributed by atoms with Crippen LogP contribution in [0.3, 0.4) is 0 Å². The predicted molar refractivity (Wildman–Crippen MR) is 81.0 cm³/mol. The summed E-state index contributed by atoms with van der Waals surface area (Å²) in [5, 5.41) is 14.5. The van der Waals surface area contributed by atoms with Gasteiger partial charge in [0.05, 0.1) is 15.8 Å². The summed E-state index contributed by atoms with van der Waals surface area (Å²) in [7, 11) is 0. The number of carbonyl (C=O) groups excluding carboxylic acids is 1. The standard InChI is InChI=1S/C13H8N4OS2/c14-6-8-3-4-19-12(8)17-11(18)7-1-2-9-10(5-7)20-13(15)16-9/h1-5H,(H2,15,16)(H,17,18). The number of nitrogens with one attached hydrogen (secondary N) is 1. The fourth-order valence-corrected chi connectivity index (χ4v) is 3.26. The zero-order chi connectivity index (χ0) is 14.1. The SMILES string of the molecule is N#Cc1ccsc1NC(=O)c1ccc2nc(N)sc2c1. The van der Waals surface area contributed by atoms with Crippen molar-refractivity contribution in [1.82, 2.24) is 4.98 Å². The van der Waals surface area contributed by atoms with Gasteiger partial charge in [0.2, 0.25) is 0 Å². The van der Waals surface area contributed by atoms with Crippen molar-refractivity contribution in [2.24, 2.45) is 0 Å². The van der Waals surface area contributed by atoms with Gasteiger partial charge in [-0.1, -0.05) is 11.3 Å². The van der Waals surface area contributed by atoms with Crippen molar-refractivity contribution >= 4 is 48.9 Å². The first-order chi connectivity index (χ1) is 9.67. The Kier molecular flexibility index (Phi) is 3.10. The maximum atomic E-state index is 12.2. The highest BCUT2D eigenvalue weighted by atomic mass is 32.1. The normalized spacial score (nSPS) is 10.3. The van der Waals surface area contributed by atoms with Crippen molar-refractivity contribution in [1.29, 1.82) is 5.26 Å². The number of nitrogens with zero attached hydrogens (tertiary/aromatic N) is 2. The van der Waals surface area contributed by atoms with E-state index in [4.69, 9.17) is 11.0 Å². The topological polar surface area (TPSA) is 91.8 Å². The third-order valence-corrected chi connectivity index (χ3v) is 4.36. The number of nitrogen functional groups attached to an aromatic ring is 1. The number of fused-ring (bicyclic) bond motifs is 1. The molecule has 1 amide bonds. The molecule has 1 aromatic carbocycles. The van der Waals surface area contributed by atoms with Crippen molar-refractivity contribution in [2.45, 2.75) is 0 Å². The molecule has 0 aliphatic rings. The molecule has 0 saturated carbocycles. The first-order valence-corrected chi connectivity index (χ1v) is 7.32. The van der Waals surface area contributed by atoms with Gasteiger partial charge in [0.15, 0.2) is 5.13 Å². The molecule has 3 aromatic rings.